The SMILES string of the molecule is CCCCc1ccccc1C(N)(CCCC)CCCC. The van der Waals surface area contributed by atoms with Crippen LogP contribution in [0.2, 0.25) is 0 Å². The van der Waals surface area contributed by atoms with Crippen molar-refractivity contribution in [3.8, 4) is 0 Å². The molecule has 0 heterocycles. The normalized spacial score (nSPS) is 11.8. The zero-order valence-electron chi connectivity index (χ0n) is 13.8. The van der Waals surface area contributed by atoms with E-state index in [0.29, 0.717) is 0 Å². The smallest absolute Gasteiger partial charge is 0.0412 e. The quantitative estimate of drug-likeness (QED) is 0.594. The van der Waals surface area contributed by atoms with E-state index in [2.05, 4.69) is 45.0 Å². The molecular formula is C19H33N. The van der Waals surface area contributed by atoms with Crippen LogP contribution in [0.3, 0.4) is 0 Å². The van der Waals surface area contributed by atoms with Gasteiger partial charge in [0.05, 0.1) is 0 Å². The molecule has 0 saturated heterocycles. The summed E-state index contributed by atoms with van der Waals surface area (Å²) in [6, 6.07) is 8.87. The minimum atomic E-state index is -0.115. The molecular weight excluding hydrogens is 242 g/mol. The van der Waals surface area contributed by atoms with Crippen molar-refractivity contribution in [2.75, 3.05) is 0 Å². The first-order chi connectivity index (χ1) is 9.68. The van der Waals surface area contributed by atoms with Crippen LogP contribution in [0.15, 0.2) is 24.3 Å². The summed E-state index contributed by atoms with van der Waals surface area (Å²) < 4.78 is 0. The van der Waals surface area contributed by atoms with E-state index in [1.54, 1.807) is 0 Å². The molecule has 0 aliphatic heterocycles. The Bertz CT molecular complexity index is 362. The van der Waals surface area contributed by atoms with E-state index in [9.17, 15) is 0 Å². The summed E-state index contributed by atoms with van der Waals surface area (Å²) >= 11 is 0. The number of aryl methyl sites for hydroxylation is 1. The standard InChI is InChI=1S/C19H33N/c1-4-7-12-17-13-10-11-14-18(17)19(20,15-8-5-2)16-9-6-3/h10-11,13-14H,4-9,12,15-16,20H2,1-3H3. The molecule has 0 bridgehead atoms. The molecule has 1 aromatic rings. The zero-order valence-corrected chi connectivity index (χ0v) is 13.8. The summed E-state index contributed by atoms with van der Waals surface area (Å²) in [5, 5.41) is 0. The van der Waals surface area contributed by atoms with Crippen molar-refractivity contribution in [2.24, 2.45) is 5.73 Å². The monoisotopic (exact) mass is 275 g/mol. The predicted octanol–water partition coefficient (Wildman–Crippen LogP) is 5.56. The van der Waals surface area contributed by atoms with Crippen molar-refractivity contribution in [3.05, 3.63) is 35.4 Å². The topological polar surface area (TPSA) is 26.0 Å². The molecule has 114 valence electrons. The van der Waals surface area contributed by atoms with Crippen LogP contribution in [0.1, 0.15) is 83.3 Å². The average molecular weight is 275 g/mol. The third kappa shape index (κ3) is 4.94. The highest BCUT2D eigenvalue weighted by molar-refractivity contribution is 5.33. The van der Waals surface area contributed by atoms with Gasteiger partial charge in [0.2, 0.25) is 0 Å². The summed E-state index contributed by atoms with van der Waals surface area (Å²) in [6.07, 6.45) is 10.8. The lowest BCUT2D eigenvalue weighted by Crippen LogP contribution is -2.37. The van der Waals surface area contributed by atoms with Crippen LogP contribution >= 0.6 is 0 Å². The Morgan fingerprint density at radius 3 is 1.95 bits per heavy atom. The van der Waals surface area contributed by atoms with Crippen molar-refractivity contribution in [3.63, 3.8) is 0 Å². The summed E-state index contributed by atoms with van der Waals surface area (Å²) in [7, 11) is 0. The molecule has 0 saturated carbocycles. The maximum atomic E-state index is 6.86. The summed E-state index contributed by atoms with van der Waals surface area (Å²) in [5.74, 6) is 0. The second-order valence-electron chi connectivity index (χ2n) is 6.12. The summed E-state index contributed by atoms with van der Waals surface area (Å²) in [4.78, 5) is 0. The van der Waals surface area contributed by atoms with Gasteiger partial charge >= 0.3 is 0 Å². The second kappa shape index (κ2) is 9.18. The Morgan fingerprint density at radius 1 is 0.850 bits per heavy atom. The van der Waals surface area contributed by atoms with Gasteiger partial charge in [0.1, 0.15) is 0 Å². The molecule has 20 heavy (non-hydrogen) atoms. The number of unbranched alkanes of at least 4 members (excludes halogenated alkanes) is 3. The fourth-order valence-corrected chi connectivity index (χ4v) is 2.97. The number of hydrogen-bond acceptors (Lipinski definition) is 1. The minimum absolute atomic E-state index is 0.115. The van der Waals surface area contributed by atoms with Gasteiger partial charge in [-0.3, -0.25) is 0 Å². The van der Waals surface area contributed by atoms with Crippen LogP contribution in [0, 0.1) is 0 Å². The molecule has 0 unspecified atom stereocenters. The maximum absolute atomic E-state index is 6.86. The van der Waals surface area contributed by atoms with E-state index in [0.717, 1.165) is 12.8 Å². The molecule has 1 heteroatoms. The van der Waals surface area contributed by atoms with Gasteiger partial charge in [0, 0.05) is 5.54 Å². The highest BCUT2D eigenvalue weighted by Gasteiger charge is 2.27. The van der Waals surface area contributed by atoms with Gasteiger partial charge in [-0.15, -0.1) is 0 Å². The van der Waals surface area contributed by atoms with Gasteiger partial charge in [-0.05, 0) is 36.8 Å². The lowest BCUT2D eigenvalue weighted by molar-refractivity contribution is 0.351. The van der Waals surface area contributed by atoms with Crippen LogP contribution in [0.25, 0.3) is 0 Å². The first-order valence-corrected chi connectivity index (χ1v) is 8.55. The van der Waals surface area contributed by atoms with Crippen molar-refractivity contribution in [1.82, 2.24) is 0 Å². The van der Waals surface area contributed by atoms with Crippen LogP contribution in [-0.4, -0.2) is 0 Å². The van der Waals surface area contributed by atoms with E-state index in [1.165, 1.54) is 56.1 Å². The maximum Gasteiger partial charge on any atom is 0.0412 e. The Morgan fingerprint density at radius 2 is 1.40 bits per heavy atom. The molecule has 0 atom stereocenters. The fraction of sp³-hybridized carbons (Fsp3) is 0.684. The van der Waals surface area contributed by atoms with Gasteiger partial charge in [-0.2, -0.15) is 0 Å². The Labute approximate surface area is 126 Å². The summed E-state index contributed by atoms with van der Waals surface area (Å²) in [5.41, 5.74) is 9.64. The Kier molecular flexibility index (Phi) is 7.91. The number of hydrogen-bond donors (Lipinski definition) is 1. The molecule has 0 aliphatic rings. The first kappa shape index (κ1) is 17.2. The third-order valence-corrected chi connectivity index (χ3v) is 4.31. The molecule has 0 radical (unpaired) electrons. The van der Waals surface area contributed by atoms with Crippen LogP contribution in [0.5, 0.6) is 0 Å². The van der Waals surface area contributed by atoms with E-state index in [-0.39, 0.29) is 5.54 Å². The lowest BCUT2D eigenvalue weighted by Gasteiger charge is -2.32. The molecule has 0 aliphatic carbocycles. The number of benzene rings is 1. The van der Waals surface area contributed by atoms with Gasteiger partial charge < -0.3 is 5.73 Å². The molecule has 0 spiro atoms. The molecule has 1 aromatic carbocycles. The molecule has 0 aromatic heterocycles. The predicted molar refractivity (Wildman–Crippen MR) is 90.0 cm³/mol. The van der Waals surface area contributed by atoms with E-state index in [4.69, 9.17) is 5.73 Å². The largest absolute Gasteiger partial charge is 0.321 e. The van der Waals surface area contributed by atoms with Gasteiger partial charge in [0.25, 0.3) is 0 Å². The first-order valence-electron chi connectivity index (χ1n) is 8.55. The highest BCUT2D eigenvalue weighted by atomic mass is 14.7. The third-order valence-electron chi connectivity index (χ3n) is 4.31. The second-order valence-corrected chi connectivity index (χ2v) is 6.12. The van der Waals surface area contributed by atoms with Crippen molar-refractivity contribution >= 4 is 0 Å². The van der Waals surface area contributed by atoms with Crippen LogP contribution in [-0.2, 0) is 12.0 Å². The average Bonchev–Trinajstić information content (AvgIpc) is 2.49. The Hall–Kier alpha value is -0.820. The summed E-state index contributed by atoms with van der Waals surface area (Å²) in [6.45, 7) is 6.76. The zero-order chi connectivity index (χ0) is 14.8. The molecule has 0 fully saturated rings. The van der Waals surface area contributed by atoms with Gasteiger partial charge in [-0.1, -0.05) is 77.1 Å². The van der Waals surface area contributed by atoms with Crippen molar-refractivity contribution < 1.29 is 0 Å². The van der Waals surface area contributed by atoms with Gasteiger partial charge in [0.15, 0.2) is 0 Å². The number of nitrogens with two attached hydrogens (primary N) is 1. The van der Waals surface area contributed by atoms with E-state index >= 15 is 0 Å². The lowest BCUT2D eigenvalue weighted by atomic mass is 9.78. The number of rotatable bonds is 10. The fourth-order valence-electron chi connectivity index (χ4n) is 2.97. The van der Waals surface area contributed by atoms with Crippen molar-refractivity contribution in [1.29, 1.82) is 0 Å². The van der Waals surface area contributed by atoms with Crippen LogP contribution < -0.4 is 5.73 Å². The minimum Gasteiger partial charge on any atom is -0.321 e. The van der Waals surface area contributed by atoms with Crippen LogP contribution in [0.4, 0.5) is 0 Å². The molecule has 0 amide bonds. The van der Waals surface area contributed by atoms with E-state index in [1.807, 2.05) is 0 Å². The Balaban J connectivity index is 2.98. The van der Waals surface area contributed by atoms with Gasteiger partial charge in [-0.25, -0.2) is 0 Å². The van der Waals surface area contributed by atoms with E-state index < -0.39 is 0 Å². The molecule has 1 rings (SSSR count). The van der Waals surface area contributed by atoms with Crippen molar-refractivity contribution in [2.45, 2.75) is 84.1 Å². The highest BCUT2D eigenvalue weighted by Crippen LogP contribution is 2.33. The molecule has 1 nitrogen and oxygen atoms in total. The molecule has 2 N–H and O–H groups in total.